The molecule has 0 N–H and O–H groups in total. The zero-order valence-corrected chi connectivity index (χ0v) is 11.4. The minimum Gasteiger partial charge on any atom is -0.258 e. The molecule has 2 rings (SSSR count). The third-order valence-corrected chi connectivity index (χ3v) is 3.03. The minimum absolute atomic E-state index is 0.420. The average Bonchev–Trinajstić information content (AvgIpc) is 2.76. The van der Waals surface area contributed by atoms with Crippen LogP contribution in [0.15, 0.2) is 18.3 Å². The molecule has 0 spiro atoms. The zero-order valence-electron chi connectivity index (χ0n) is 11.4. The van der Waals surface area contributed by atoms with Gasteiger partial charge in [0.2, 0.25) is 5.69 Å². The summed E-state index contributed by atoms with van der Waals surface area (Å²) in [6.07, 6.45) is 1.39. The topological polar surface area (TPSA) is 147 Å². The van der Waals surface area contributed by atoms with Crippen molar-refractivity contribution in [2.75, 3.05) is 0 Å². The summed E-state index contributed by atoms with van der Waals surface area (Å²) in [5, 5.41) is 37.1. The van der Waals surface area contributed by atoms with Crippen LogP contribution in [0.5, 0.6) is 0 Å². The third kappa shape index (κ3) is 2.46. The van der Waals surface area contributed by atoms with Crippen LogP contribution in [-0.4, -0.2) is 24.6 Å². The number of benzene rings is 1. The van der Waals surface area contributed by atoms with Crippen LogP contribution in [0, 0.1) is 44.2 Å². The van der Waals surface area contributed by atoms with Gasteiger partial charge in [0.25, 0.3) is 5.69 Å². The van der Waals surface area contributed by atoms with E-state index in [9.17, 15) is 30.3 Å². The standard InChI is InChI=1S/C11H9N5O6/c1-6-5-13(12-7(6)2)11-9(15(19)20)3-8(14(17)18)4-10(11)16(21)22/h3-5H,1-2H3. The quantitative estimate of drug-likeness (QED) is 0.621. The second kappa shape index (κ2) is 5.20. The number of rotatable bonds is 4. The van der Waals surface area contributed by atoms with Crippen molar-refractivity contribution >= 4 is 17.1 Å². The first-order chi connectivity index (χ1) is 10.2. The lowest BCUT2D eigenvalue weighted by Crippen LogP contribution is -2.06. The van der Waals surface area contributed by atoms with Crippen molar-refractivity contribution in [3.63, 3.8) is 0 Å². The fourth-order valence-electron chi connectivity index (χ4n) is 1.87. The Morgan fingerprint density at radius 2 is 1.45 bits per heavy atom. The van der Waals surface area contributed by atoms with Crippen molar-refractivity contribution in [1.82, 2.24) is 9.78 Å². The first-order valence-corrected chi connectivity index (χ1v) is 5.87. The number of hydrogen-bond acceptors (Lipinski definition) is 7. The molecule has 0 fully saturated rings. The second-order valence-electron chi connectivity index (χ2n) is 4.45. The normalized spacial score (nSPS) is 10.5. The molecule has 2 aromatic rings. The zero-order chi connectivity index (χ0) is 16.6. The van der Waals surface area contributed by atoms with Crippen LogP contribution in [0.4, 0.5) is 17.1 Å². The highest BCUT2D eigenvalue weighted by atomic mass is 16.6. The molecule has 11 nitrogen and oxygen atoms in total. The van der Waals surface area contributed by atoms with Crippen LogP contribution >= 0.6 is 0 Å². The molecule has 0 amide bonds. The average molecular weight is 307 g/mol. The maximum Gasteiger partial charge on any atom is 0.308 e. The molecule has 0 aliphatic carbocycles. The molecule has 0 atom stereocenters. The van der Waals surface area contributed by atoms with Crippen molar-refractivity contribution in [1.29, 1.82) is 0 Å². The van der Waals surface area contributed by atoms with E-state index in [-0.39, 0.29) is 0 Å². The first kappa shape index (κ1) is 15.0. The van der Waals surface area contributed by atoms with Crippen molar-refractivity contribution < 1.29 is 14.8 Å². The van der Waals surface area contributed by atoms with Gasteiger partial charge in [0.1, 0.15) is 0 Å². The Bertz CT molecular complexity index is 757. The molecule has 11 heteroatoms. The summed E-state index contributed by atoms with van der Waals surface area (Å²) in [5.41, 5.74) is -1.48. The van der Waals surface area contributed by atoms with E-state index in [2.05, 4.69) is 5.10 Å². The van der Waals surface area contributed by atoms with Gasteiger partial charge in [-0.1, -0.05) is 0 Å². The molecule has 114 valence electrons. The van der Waals surface area contributed by atoms with Gasteiger partial charge in [-0.15, -0.1) is 0 Å². The lowest BCUT2D eigenvalue weighted by atomic mass is 10.2. The largest absolute Gasteiger partial charge is 0.308 e. The SMILES string of the molecule is Cc1cn(-c2c([N+](=O)[O-])cc([N+](=O)[O-])cc2[N+](=O)[O-])nc1C. The summed E-state index contributed by atoms with van der Waals surface area (Å²) < 4.78 is 0.991. The van der Waals surface area contributed by atoms with E-state index < -0.39 is 37.5 Å². The van der Waals surface area contributed by atoms with Crippen molar-refractivity contribution in [2.24, 2.45) is 0 Å². The lowest BCUT2D eigenvalue weighted by Gasteiger charge is -2.04. The monoisotopic (exact) mass is 307 g/mol. The highest BCUT2D eigenvalue weighted by Crippen LogP contribution is 2.36. The highest BCUT2D eigenvalue weighted by Gasteiger charge is 2.32. The van der Waals surface area contributed by atoms with E-state index in [0.29, 0.717) is 23.4 Å². The van der Waals surface area contributed by atoms with Crippen LogP contribution in [0.1, 0.15) is 11.3 Å². The number of nitrogens with zero attached hydrogens (tertiary/aromatic N) is 5. The molecule has 0 bridgehead atoms. The summed E-state index contributed by atoms with van der Waals surface area (Å²) in [7, 11) is 0. The van der Waals surface area contributed by atoms with Crippen LogP contribution in [0.3, 0.4) is 0 Å². The smallest absolute Gasteiger partial charge is 0.258 e. The van der Waals surface area contributed by atoms with Gasteiger partial charge >= 0.3 is 11.4 Å². The molecule has 0 aliphatic rings. The predicted molar refractivity (Wildman–Crippen MR) is 73.0 cm³/mol. The molecular formula is C11H9N5O6. The Hall–Kier alpha value is -3.37. The predicted octanol–water partition coefficient (Wildman–Crippen LogP) is 2.21. The molecule has 1 heterocycles. The van der Waals surface area contributed by atoms with Gasteiger partial charge in [-0.25, -0.2) is 4.68 Å². The fraction of sp³-hybridized carbons (Fsp3) is 0.182. The molecular weight excluding hydrogens is 298 g/mol. The number of hydrogen-bond donors (Lipinski definition) is 0. The number of aromatic nitrogens is 2. The van der Waals surface area contributed by atoms with Crippen molar-refractivity contribution in [2.45, 2.75) is 13.8 Å². The fourth-order valence-corrected chi connectivity index (χ4v) is 1.87. The highest BCUT2D eigenvalue weighted by molar-refractivity contribution is 5.69. The Balaban J connectivity index is 2.88. The summed E-state index contributed by atoms with van der Waals surface area (Å²) in [5.74, 6) is 0. The van der Waals surface area contributed by atoms with Gasteiger partial charge in [0.05, 0.1) is 32.6 Å². The minimum atomic E-state index is -0.927. The Labute approximate surface area is 122 Å². The van der Waals surface area contributed by atoms with Gasteiger partial charge in [0, 0.05) is 6.20 Å². The number of nitro benzene ring substituents is 3. The second-order valence-corrected chi connectivity index (χ2v) is 4.45. The van der Waals surface area contributed by atoms with Crippen molar-refractivity contribution in [3.8, 4) is 5.69 Å². The lowest BCUT2D eigenvalue weighted by molar-refractivity contribution is -0.402. The Morgan fingerprint density at radius 3 is 1.77 bits per heavy atom. The van der Waals surface area contributed by atoms with Gasteiger partial charge in [0.15, 0.2) is 0 Å². The Morgan fingerprint density at radius 1 is 0.955 bits per heavy atom. The van der Waals surface area contributed by atoms with Gasteiger partial charge in [-0.3, -0.25) is 30.3 Å². The van der Waals surface area contributed by atoms with E-state index in [4.69, 9.17) is 0 Å². The molecule has 0 unspecified atom stereocenters. The van der Waals surface area contributed by atoms with Crippen molar-refractivity contribution in [3.05, 3.63) is 59.9 Å². The van der Waals surface area contributed by atoms with Crippen LogP contribution in [0.25, 0.3) is 5.69 Å². The number of aryl methyl sites for hydroxylation is 2. The van der Waals surface area contributed by atoms with E-state index in [1.165, 1.54) is 6.20 Å². The number of nitro groups is 3. The first-order valence-electron chi connectivity index (χ1n) is 5.87. The van der Waals surface area contributed by atoms with Crippen LogP contribution < -0.4 is 0 Å². The summed E-state index contributed by atoms with van der Waals surface area (Å²) in [6.45, 7) is 3.32. The van der Waals surface area contributed by atoms with Gasteiger partial charge < -0.3 is 0 Å². The summed E-state index contributed by atoms with van der Waals surface area (Å²) in [4.78, 5) is 30.3. The van der Waals surface area contributed by atoms with E-state index >= 15 is 0 Å². The Kier molecular flexibility index (Phi) is 3.55. The molecule has 1 aromatic carbocycles. The molecule has 1 aromatic heterocycles. The van der Waals surface area contributed by atoms with Gasteiger partial charge in [-0.05, 0) is 19.4 Å². The maximum absolute atomic E-state index is 11.2. The van der Waals surface area contributed by atoms with Crippen LogP contribution in [0.2, 0.25) is 0 Å². The molecule has 0 saturated heterocycles. The third-order valence-electron chi connectivity index (χ3n) is 3.03. The molecule has 0 aliphatic heterocycles. The summed E-state index contributed by atoms with van der Waals surface area (Å²) >= 11 is 0. The molecule has 22 heavy (non-hydrogen) atoms. The van der Waals surface area contributed by atoms with Gasteiger partial charge in [-0.2, -0.15) is 5.10 Å². The molecule has 0 radical (unpaired) electrons. The van der Waals surface area contributed by atoms with Crippen LogP contribution in [-0.2, 0) is 0 Å². The maximum atomic E-state index is 11.2. The van der Waals surface area contributed by atoms with E-state index in [0.717, 1.165) is 4.68 Å². The van der Waals surface area contributed by atoms with E-state index in [1.54, 1.807) is 13.8 Å². The summed E-state index contributed by atoms with van der Waals surface area (Å²) in [6, 6.07) is 1.35. The number of non-ortho nitro benzene ring substituents is 1. The van der Waals surface area contributed by atoms with E-state index in [1.807, 2.05) is 0 Å². The molecule has 0 saturated carbocycles.